The van der Waals surface area contributed by atoms with Gasteiger partial charge in [-0.25, -0.2) is 0 Å². The molecule has 5 nitrogen and oxygen atoms in total. The Bertz CT molecular complexity index is 699. The molecule has 0 fully saturated rings. The van der Waals surface area contributed by atoms with E-state index in [-0.39, 0.29) is 5.91 Å². The third-order valence-corrected chi connectivity index (χ3v) is 3.51. The van der Waals surface area contributed by atoms with Crippen LogP contribution < -0.4 is 14.8 Å². The molecule has 0 aromatic heterocycles. The Morgan fingerprint density at radius 2 is 1.96 bits per heavy atom. The summed E-state index contributed by atoms with van der Waals surface area (Å²) in [6.45, 7) is 1.74. The second-order valence-corrected chi connectivity index (χ2v) is 5.30. The van der Waals surface area contributed by atoms with Gasteiger partial charge in [0.2, 0.25) is 0 Å². The second-order valence-electron chi connectivity index (χ2n) is 5.30. The van der Waals surface area contributed by atoms with Crippen molar-refractivity contribution < 1.29 is 19.0 Å². The van der Waals surface area contributed by atoms with E-state index >= 15 is 0 Å². The highest BCUT2D eigenvalue weighted by Crippen LogP contribution is 2.32. The molecular weight excluding hydrogens is 294 g/mol. The van der Waals surface area contributed by atoms with Gasteiger partial charge in [0, 0.05) is 30.8 Å². The highest BCUT2D eigenvalue weighted by Gasteiger charge is 2.12. The predicted octanol–water partition coefficient (Wildman–Crippen LogP) is 3.25. The number of nitrogens with one attached hydrogen (secondary N) is 1. The first-order valence-electron chi connectivity index (χ1n) is 7.55. The average Bonchev–Trinajstić information content (AvgIpc) is 2.80. The van der Waals surface area contributed by atoms with Crippen molar-refractivity contribution >= 4 is 11.6 Å². The van der Waals surface area contributed by atoms with Crippen molar-refractivity contribution in [3.05, 3.63) is 53.6 Å². The zero-order valence-electron chi connectivity index (χ0n) is 13.0. The van der Waals surface area contributed by atoms with E-state index in [9.17, 15) is 4.79 Å². The van der Waals surface area contributed by atoms with Gasteiger partial charge in [-0.05, 0) is 29.8 Å². The molecule has 3 rings (SSSR count). The number of methoxy groups -OCH3 is 1. The fraction of sp³-hybridized carbons (Fsp3) is 0.278. The maximum atomic E-state index is 12.4. The van der Waals surface area contributed by atoms with Gasteiger partial charge in [0.15, 0.2) is 11.5 Å². The topological polar surface area (TPSA) is 56.8 Å². The van der Waals surface area contributed by atoms with Gasteiger partial charge in [-0.1, -0.05) is 12.1 Å². The van der Waals surface area contributed by atoms with Gasteiger partial charge in [-0.2, -0.15) is 0 Å². The van der Waals surface area contributed by atoms with E-state index in [1.54, 1.807) is 19.2 Å². The van der Waals surface area contributed by atoms with Crippen LogP contribution in [0.25, 0.3) is 0 Å². The zero-order valence-corrected chi connectivity index (χ0v) is 13.0. The number of fused-ring (bicyclic) bond motifs is 1. The predicted molar refractivity (Wildman–Crippen MR) is 87.2 cm³/mol. The number of benzene rings is 2. The number of amides is 1. The summed E-state index contributed by atoms with van der Waals surface area (Å²) in [5, 5.41) is 2.88. The SMILES string of the molecule is COCc1cccc(C(=O)Nc2ccc3c(c2)OCCCO3)c1. The number of rotatable bonds is 4. The lowest BCUT2D eigenvalue weighted by Gasteiger charge is -2.11. The largest absolute Gasteiger partial charge is 0.490 e. The highest BCUT2D eigenvalue weighted by molar-refractivity contribution is 6.04. The average molecular weight is 313 g/mol. The zero-order chi connectivity index (χ0) is 16.1. The van der Waals surface area contributed by atoms with Crippen molar-refractivity contribution in [2.45, 2.75) is 13.0 Å². The maximum absolute atomic E-state index is 12.4. The summed E-state index contributed by atoms with van der Waals surface area (Å²) in [4.78, 5) is 12.4. The molecule has 0 radical (unpaired) electrons. The van der Waals surface area contributed by atoms with E-state index in [4.69, 9.17) is 14.2 Å². The first-order valence-corrected chi connectivity index (χ1v) is 7.55. The van der Waals surface area contributed by atoms with Crippen molar-refractivity contribution in [2.75, 3.05) is 25.6 Å². The van der Waals surface area contributed by atoms with Crippen molar-refractivity contribution in [3.63, 3.8) is 0 Å². The summed E-state index contributed by atoms with van der Waals surface area (Å²) in [5.41, 5.74) is 2.22. The molecule has 2 aromatic rings. The van der Waals surface area contributed by atoms with Crippen LogP contribution in [0.4, 0.5) is 5.69 Å². The Kier molecular flexibility index (Phi) is 4.78. The van der Waals surface area contributed by atoms with Gasteiger partial charge in [0.1, 0.15) is 0 Å². The number of carbonyl (C=O) groups is 1. The highest BCUT2D eigenvalue weighted by atomic mass is 16.5. The Hall–Kier alpha value is -2.53. The molecule has 0 spiro atoms. The standard InChI is InChI=1S/C18H19NO4/c1-21-12-13-4-2-5-14(10-13)18(20)19-15-6-7-16-17(11-15)23-9-3-8-22-16/h2,4-7,10-11H,3,8-9,12H2,1H3,(H,19,20). The van der Waals surface area contributed by atoms with E-state index in [1.165, 1.54) is 0 Å². The Labute approximate surface area is 135 Å². The van der Waals surface area contributed by atoms with Crippen LogP contribution in [-0.4, -0.2) is 26.2 Å². The normalized spacial score (nSPS) is 13.3. The quantitative estimate of drug-likeness (QED) is 0.941. The molecule has 2 aromatic carbocycles. The molecule has 120 valence electrons. The summed E-state index contributed by atoms with van der Waals surface area (Å²) < 4.78 is 16.3. The molecule has 1 aliphatic heterocycles. The number of anilines is 1. The van der Waals surface area contributed by atoms with Gasteiger partial charge in [0.25, 0.3) is 5.91 Å². The van der Waals surface area contributed by atoms with Gasteiger partial charge >= 0.3 is 0 Å². The van der Waals surface area contributed by atoms with Crippen LogP contribution in [0.1, 0.15) is 22.3 Å². The van der Waals surface area contributed by atoms with Crippen molar-refractivity contribution in [1.29, 1.82) is 0 Å². The maximum Gasteiger partial charge on any atom is 0.255 e. The summed E-state index contributed by atoms with van der Waals surface area (Å²) in [6, 6.07) is 12.8. The molecule has 1 heterocycles. The number of hydrogen-bond donors (Lipinski definition) is 1. The fourth-order valence-corrected chi connectivity index (χ4v) is 2.41. The lowest BCUT2D eigenvalue weighted by atomic mass is 10.1. The van der Waals surface area contributed by atoms with Crippen LogP contribution in [0.5, 0.6) is 11.5 Å². The van der Waals surface area contributed by atoms with Gasteiger partial charge < -0.3 is 19.5 Å². The van der Waals surface area contributed by atoms with E-state index in [0.29, 0.717) is 42.6 Å². The van der Waals surface area contributed by atoms with Crippen LogP contribution in [0.2, 0.25) is 0 Å². The fourth-order valence-electron chi connectivity index (χ4n) is 2.41. The van der Waals surface area contributed by atoms with Crippen LogP contribution in [0, 0.1) is 0 Å². The number of ether oxygens (including phenoxy) is 3. The van der Waals surface area contributed by atoms with E-state index in [2.05, 4.69) is 5.32 Å². The third-order valence-electron chi connectivity index (χ3n) is 3.51. The molecule has 0 aliphatic carbocycles. The molecule has 0 bridgehead atoms. The smallest absolute Gasteiger partial charge is 0.255 e. The minimum absolute atomic E-state index is 0.169. The molecule has 0 atom stereocenters. The van der Waals surface area contributed by atoms with Crippen molar-refractivity contribution in [3.8, 4) is 11.5 Å². The molecule has 23 heavy (non-hydrogen) atoms. The monoisotopic (exact) mass is 313 g/mol. The lowest BCUT2D eigenvalue weighted by molar-refractivity contribution is 0.102. The van der Waals surface area contributed by atoms with Gasteiger partial charge in [0.05, 0.1) is 19.8 Å². The first-order chi connectivity index (χ1) is 11.3. The Balaban J connectivity index is 1.75. The van der Waals surface area contributed by atoms with Crippen LogP contribution in [0.15, 0.2) is 42.5 Å². The molecule has 1 aliphatic rings. The van der Waals surface area contributed by atoms with Crippen molar-refractivity contribution in [2.24, 2.45) is 0 Å². The lowest BCUT2D eigenvalue weighted by Crippen LogP contribution is -2.12. The number of hydrogen-bond acceptors (Lipinski definition) is 4. The minimum Gasteiger partial charge on any atom is -0.490 e. The van der Waals surface area contributed by atoms with Crippen LogP contribution in [0.3, 0.4) is 0 Å². The van der Waals surface area contributed by atoms with E-state index < -0.39 is 0 Å². The number of carbonyl (C=O) groups excluding carboxylic acids is 1. The Morgan fingerprint density at radius 3 is 2.78 bits per heavy atom. The Morgan fingerprint density at radius 1 is 1.13 bits per heavy atom. The van der Waals surface area contributed by atoms with Crippen LogP contribution in [-0.2, 0) is 11.3 Å². The first kappa shape index (κ1) is 15.4. The van der Waals surface area contributed by atoms with Crippen LogP contribution >= 0.6 is 0 Å². The molecule has 1 N–H and O–H groups in total. The summed E-state index contributed by atoms with van der Waals surface area (Å²) >= 11 is 0. The summed E-state index contributed by atoms with van der Waals surface area (Å²) in [5.74, 6) is 1.20. The molecule has 5 heteroatoms. The third kappa shape index (κ3) is 3.81. The van der Waals surface area contributed by atoms with E-state index in [0.717, 1.165) is 12.0 Å². The minimum atomic E-state index is -0.169. The molecule has 0 saturated heterocycles. The summed E-state index contributed by atoms with van der Waals surface area (Å²) in [6.07, 6.45) is 0.850. The molecular formula is C18H19NO4. The summed E-state index contributed by atoms with van der Waals surface area (Å²) in [7, 11) is 1.63. The van der Waals surface area contributed by atoms with Gasteiger partial charge in [-0.3, -0.25) is 4.79 Å². The van der Waals surface area contributed by atoms with Gasteiger partial charge in [-0.15, -0.1) is 0 Å². The van der Waals surface area contributed by atoms with Crippen molar-refractivity contribution in [1.82, 2.24) is 0 Å². The molecule has 0 saturated carbocycles. The molecule has 1 amide bonds. The van der Waals surface area contributed by atoms with E-state index in [1.807, 2.05) is 30.3 Å². The second kappa shape index (κ2) is 7.15. The molecule has 0 unspecified atom stereocenters.